The summed E-state index contributed by atoms with van der Waals surface area (Å²) in [4.78, 5) is 104. The van der Waals surface area contributed by atoms with Crippen molar-refractivity contribution in [1.29, 1.82) is 0 Å². The Morgan fingerprint density at radius 3 is 0.817 bits per heavy atom. The van der Waals surface area contributed by atoms with Gasteiger partial charge < -0.3 is 18.9 Å². The second-order valence-corrected chi connectivity index (χ2v) is 20.2. The number of ether oxygens (including phenoxy) is 4. The van der Waals surface area contributed by atoms with E-state index in [1.807, 2.05) is 13.8 Å². The molecule has 0 saturated heterocycles. The number of nitro benzene ring substituents is 4. The minimum atomic E-state index is -0.600. The van der Waals surface area contributed by atoms with Crippen molar-refractivity contribution >= 4 is 46.4 Å². The smallest absolute Gasteiger partial charge is 0.270 e. The summed E-state index contributed by atoms with van der Waals surface area (Å²) >= 11 is 0. The molecule has 6 aromatic carbocycles. The summed E-state index contributed by atoms with van der Waals surface area (Å²) in [6, 6.07) is 23.6. The third-order valence-corrected chi connectivity index (χ3v) is 14.5. The normalized spacial score (nSPS) is 13.4. The van der Waals surface area contributed by atoms with Crippen LogP contribution in [0.1, 0.15) is 151 Å². The van der Waals surface area contributed by atoms with E-state index in [-0.39, 0.29) is 179 Å². The molecule has 4 amide bonds. The number of nitrogens with zero attached hydrogens (tertiary/aromatic N) is 6. The maximum absolute atomic E-state index is 13.1. The number of imide groups is 2. The lowest BCUT2D eigenvalue weighted by molar-refractivity contribution is -0.385. The van der Waals surface area contributed by atoms with E-state index in [9.17, 15) is 59.6 Å². The average molecular weight is 1120 g/mol. The van der Waals surface area contributed by atoms with Gasteiger partial charge in [0.25, 0.3) is 46.4 Å². The Morgan fingerprint density at radius 1 is 0.366 bits per heavy atom. The van der Waals surface area contributed by atoms with Gasteiger partial charge in [-0.2, -0.15) is 0 Å². The van der Waals surface area contributed by atoms with E-state index in [0.717, 1.165) is 0 Å². The molecule has 0 spiro atoms. The quantitative estimate of drug-likeness (QED) is 0.0235. The Labute approximate surface area is 470 Å². The number of benzene rings is 6. The molecule has 8 bridgehead atoms. The number of carbonyl (C=O) groups excluding carboxylic acids is 4. The first-order valence-electron chi connectivity index (χ1n) is 27.2. The van der Waals surface area contributed by atoms with Gasteiger partial charge in [-0.25, -0.2) is 0 Å². The van der Waals surface area contributed by atoms with Crippen LogP contribution < -0.4 is 18.9 Å². The highest BCUT2D eigenvalue weighted by Crippen LogP contribution is 2.44. The molecule has 22 heteroatoms. The summed E-state index contributed by atoms with van der Waals surface area (Å²) in [6.07, 6.45) is 2.60. The number of nitro groups is 4. The summed E-state index contributed by atoms with van der Waals surface area (Å²) in [7, 11) is 0. The molecule has 3 aliphatic rings. The van der Waals surface area contributed by atoms with Gasteiger partial charge in [-0.15, -0.1) is 0 Å². The molecule has 0 unspecified atom stereocenters. The average Bonchev–Trinajstić information content (AvgIpc) is 3.63. The van der Waals surface area contributed by atoms with Gasteiger partial charge in [0, 0.05) is 132 Å². The lowest BCUT2D eigenvalue weighted by Crippen LogP contribution is -2.30. The highest BCUT2D eigenvalue weighted by atomic mass is 16.6. The zero-order chi connectivity index (χ0) is 58.2. The molecular weight excluding hydrogens is 1060 g/mol. The predicted molar refractivity (Wildman–Crippen MR) is 297 cm³/mol. The number of hydrogen-bond donors (Lipinski definition) is 0. The Hall–Kier alpha value is -9.60. The molecule has 22 nitrogen and oxygen atoms in total. The molecule has 6 aromatic rings. The molecule has 0 aromatic heterocycles. The summed E-state index contributed by atoms with van der Waals surface area (Å²) in [5, 5.41) is 51.5. The van der Waals surface area contributed by atoms with E-state index < -0.39 is 19.7 Å². The summed E-state index contributed by atoms with van der Waals surface area (Å²) in [5.41, 5.74) is 1.68. The third kappa shape index (κ3) is 12.2. The van der Waals surface area contributed by atoms with Crippen LogP contribution in [0.4, 0.5) is 22.7 Å². The van der Waals surface area contributed by atoms with Crippen molar-refractivity contribution in [3.63, 3.8) is 0 Å². The molecule has 82 heavy (non-hydrogen) atoms. The van der Waals surface area contributed by atoms with Gasteiger partial charge in [-0.1, -0.05) is 38.1 Å². The van der Waals surface area contributed by atoms with Gasteiger partial charge in [0.2, 0.25) is 0 Å². The van der Waals surface area contributed by atoms with E-state index in [0.29, 0.717) is 73.6 Å². The molecule has 1 aliphatic carbocycles. The van der Waals surface area contributed by atoms with Gasteiger partial charge in [-0.05, 0) is 75.6 Å². The fourth-order valence-electron chi connectivity index (χ4n) is 10.7. The van der Waals surface area contributed by atoms with Crippen molar-refractivity contribution in [2.24, 2.45) is 0 Å². The minimum Gasteiger partial charge on any atom is -0.493 e. The van der Waals surface area contributed by atoms with Gasteiger partial charge in [0.15, 0.2) is 0 Å². The molecule has 2 aliphatic heterocycles. The Kier molecular flexibility index (Phi) is 17.6. The first kappa shape index (κ1) is 57.1. The molecule has 9 rings (SSSR count). The molecule has 0 fully saturated rings. The lowest BCUT2D eigenvalue weighted by atomic mass is 9.90. The number of rotatable bonds is 24. The maximum atomic E-state index is 13.1. The first-order valence-corrected chi connectivity index (χ1v) is 27.2. The van der Waals surface area contributed by atoms with Gasteiger partial charge in [-0.3, -0.25) is 69.4 Å². The predicted octanol–water partition coefficient (Wildman–Crippen LogP) is 11.3. The highest BCUT2D eigenvalue weighted by molar-refractivity contribution is 6.22. The molecule has 0 saturated carbocycles. The number of hydrogen-bond acceptors (Lipinski definition) is 16. The van der Waals surface area contributed by atoms with Crippen molar-refractivity contribution in [3.05, 3.63) is 204 Å². The largest absolute Gasteiger partial charge is 0.493 e. The standard InChI is InChI=1S/C60H58N6O16/c1-3-21-79-53-37-25-38-30-46(64(73)74)32-40(54(38)80-22-4-2)27-42-34-48(66(77)78)36-44(56(42)82-24-14-6-12-20-62-59(69)51-17-9-10-18-52(51)60(62)70)28-43-35-47(65(75)76)33-41(26-39(53)31-45(29-37)63(71)72)55(43)81-23-13-5-11-19-61-57(67)49-15-7-8-16-50(49)58(61)68/h7-10,15-18,29-36H,3-6,11-14,19-28H2,1-2H3. The van der Waals surface area contributed by atoms with Crippen molar-refractivity contribution in [2.75, 3.05) is 39.5 Å². The monoisotopic (exact) mass is 1120 g/mol. The Morgan fingerprint density at radius 2 is 0.598 bits per heavy atom. The topological polar surface area (TPSA) is 284 Å². The van der Waals surface area contributed by atoms with Crippen LogP contribution in [0.2, 0.25) is 0 Å². The molecule has 0 N–H and O–H groups in total. The van der Waals surface area contributed by atoms with E-state index in [1.54, 1.807) is 48.5 Å². The van der Waals surface area contributed by atoms with Crippen LogP contribution in [0.25, 0.3) is 0 Å². The fourth-order valence-corrected chi connectivity index (χ4v) is 10.7. The van der Waals surface area contributed by atoms with Crippen LogP contribution in [0.3, 0.4) is 0 Å². The summed E-state index contributed by atoms with van der Waals surface area (Å²) in [5.74, 6) is -0.833. The number of fused-ring (bicyclic) bond motifs is 10. The Balaban J connectivity index is 1.13. The van der Waals surface area contributed by atoms with Crippen molar-refractivity contribution in [2.45, 2.75) is 90.9 Å². The molecule has 0 radical (unpaired) electrons. The molecule has 0 atom stereocenters. The SMILES string of the molecule is CCCOc1c2cc([N+](=O)[O-])cc1Cc1cc([N+](=O)[O-])cc(c1OCCCCCN1C(=O)c3ccccc3C1=O)Cc1cc([N+](=O)[O-])cc(c1OCCCCCN1C(=O)c3ccccc3C1=O)Cc1cc([N+](=O)[O-])cc(c1OCCC)C2. The number of amides is 4. The third-order valence-electron chi connectivity index (χ3n) is 14.5. The van der Waals surface area contributed by atoms with E-state index in [1.165, 1.54) is 58.3 Å². The van der Waals surface area contributed by atoms with Gasteiger partial charge in [0.1, 0.15) is 23.0 Å². The second-order valence-electron chi connectivity index (χ2n) is 20.2. The first-order chi connectivity index (χ1) is 39.6. The van der Waals surface area contributed by atoms with Crippen molar-refractivity contribution < 1.29 is 57.8 Å². The van der Waals surface area contributed by atoms with Crippen LogP contribution in [0, 0.1) is 40.5 Å². The fraction of sp³-hybridized carbons (Fsp3) is 0.333. The second kappa shape index (κ2) is 25.2. The van der Waals surface area contributed by atoms with Gasteiger partial charge >= 0.3 is 0 Å². The van der Waals surface area contributed by atoms with Crippen LogP contribution in [0.15, 0.2) is 97.1 Å². The summed E-state index contributed by atoms with van der Waals surface area (Å²) < 4.78 is 26.1. The minimum absolute atomic E-state index is 0.0114. The van der Waals surface area contributed by atoms with Crippen LogP contribution >= 0.6 is 0 Å². The van der Waals surface area contributed by atoms with Crippen LogP contribution in [-0.2, 0) is 25.7 Å². The molecular formula is C60H58N6O16. The highest BCUT2D eigenvalue weighted by Gasteiger charge is 2.36. The number of carbonyl (C=O) groups is 4. The van der Waals surface area contributed by atoms with Gasteiger partial charge in [0.05, 0.1) is 68.4 Å². The molecule has 424 valence electrons. The van der Waals surface area contributed by atoms with Crippen LogP contribution in [-0.4, -0.2) is 92.6 Å². The van der Waals surface area contributed by atoms with E-state index in [4.69, 9.17) is 18.9 Å². The van der Waals surface area contributed by atoms with Crippen LogP contribution in [0.5, 0.6) is 23.0 Å². The van der Waals surface area contributed by atoms with Crippen molar-refractivity contribution in [3.8, 4) is 23.0 Å². The lowest BCUT2D eigenvalue weighted by Gasteiger charge is -2.23. The number of unbranched alkanes of at least 4 members (excludes halogenated alkanes) is 4. The zero-order valence-electron chi connectivity index (χ0n) is 45.2. The summed E-state index contributed by atoms with van der Waals surface area (Å²) in [6.45, 7) is 4.32. The van der Waals surface area contributed by atoms with Crippen molar-refractivity contribution in [1.82, 2.24) is 9.80 Å². The van der Waals surface area contributed by atoms with E-state index >= 15 is 0 Å². The zero-order valence-corrected chi connectivity index (χ0v) is 45.2. The number of non-ortho nitro benzene ring substituents is 4. The van der Waals surface area contributed by atoms with E-state index in [2.05, 4.69) is 0 Å². The Bertz CT molecular complexity index is 3260. The maximum Gasteiger partial charge on any atom is 0.270 e. The molecule has 2 heterocycles.